The van der Waals surface area contributed by atoms with Crippen molar-refractivity contribution < 1.29 is 0 Å². The highest BCUT2D eigenvalue weighted by molar-refractivity contribution is 7.15. The third-order valence-electron chi connectivity index (χ3n) is 2.85. The SMILES string of the molecule is Cc1nc2sccn2c1CNc1cccc(Cl)c1. The molecule has 3 nitrogen and oxygen atoms in total. The normalized spacial score (nSPS) is 11.0. The van der Waals surface area contributed by atoms with Gasteiger partial charge in [-0.05, 0) is 25.1 Å². The summed E-state index contributed by atoms with van der Waals surface area (Å²) >= 11 is 7.61. The monoisotopic (exact) mass is 277 g/mol. The minimum absolute atomic E-state index is 0.740. The molecule has 0 aliphatic heterocycles. The summed E-state index contributed by atoms with van der Waals surface area (Å²) in [5, 5.41) is 6.16. The first-order valence-electron chi connectivity index (χ1n) is 5.64. The summed E-state index contributed by atoms with van der Waals surface area (Å²) in [6.07, 6.45) is 2.05. The number of benzene rings is 1. The number of nitrogens with zero attached hydrogens (tertiary/aromatic N) is 2. The molecule has 3 aromatic rings. The summed E-state index contributed by atoms with van der Waals surface area (Å²) < 4.78 is 2.12. The van der Waals surface area contributed by atoms with E-state index in [2.05, 4.69) is 20.9 Å². The van der Waals surface area contributed by atoms with E-state index in [-0.39, 0.29) is 0 Å². The summed E-state index contributed by atoms with van der Waals surface area (Å²) in [7, 11) is 0. The first kappa shape index (κ1) is 11.6. The number of hydrogen-bond acceptors (Lipinski definition) is 3. The highest BCUT2D eigenvalue weighted by atomic mass is 35.5. The molecule has 5 heteroatoms. The van der Waals surface area contributed by atoms with Gasteiger partial charge in [0, 0.05) is 22.3 Å². The van der Waals surface area contributed by atoms with Crippen molar-refractivity contribution in [3.63, 3.8) is 0 Å². The number of halogens is 1. The zero-order valence-corrected chi connectivity index (χ0v) is 11.4. The van der Waals surface area contributed by atoms with Gasteiger partial charge in [-0.15, -0.1) is 11.3 Å². The second kappa shape index (κ2) is 4.63. The Kier molecular flexibility index (Phi) is 2.97. The molecule has 0 amide bonds. The number of anilines is 1. The zero-order valence-electron chi connectivity index (χ0n) is 9.85. The molecule has 2 aromatic heterocycles. The smallest absolute Gasteiger partial charge is 0.194 e. The van der Waals surface area contributed by atoms with Crippen LogP contribution in [0.4, 0.5) is 5.69 Å². The van der Waals surface area contributed by atoms with Crippen LogP contribution in [0.25, 0.3) is 4.96 Å². The lowest BCUT2D eigenvalue weighted by atomic mass is 10.3. The van der Waals surface area contributed by atoms with Crippen molar-refractivity contribution in [2.75, 3.05) is 5.32 Å². The summed E-state index contributed by atoms with van der Waals surface area (Å²) in [6, 6.07) is 7.73. The van der Waals surface area contributed by atoms with Crippen LogP contribution in [0.15, 0.2) is 35.8 Å². The minimum atomic E-state index is 0.740. The van der Waals surface area contributed by atoms with Crippen molar-refractivity contribution in [3.05, 3.63) is 52.3 Å². The lowest BCUT2D eigenvalue weighted by molar-refractivity contribution is 0.995. The quantitative estimate of drug-likeness (QED) is 0.785. The van der Waals surface area contributed by atoms with E-state index >= 15 is 0 Å². The van der Waals surface area contributed by atoms with E-state index in [0.29, 0.717) is 0 Å². The number of aromatic nitrogens is 2. The van der Waals surface area contributed by atoms with Crippen LogP contribution in [0, 0.1) is 6.92 Å². The second-order valence-corrected chi connectivity index (χ2v) is 5.37. The van der Waals surface area contributed by atoms with E-state index in [4.69, 9.17) is 11.6 Å². The summed E-state index contributed by atoms with van der Waals surface area (Å²) in [5.41, 5.74) is 3.27. The van der Waals surface area contributed by atoms with Gasteiger partial charge in [-0.1, -0.05) is 17.7 Å². The zero-order chi connectivity index (χ0) is 12.5. The fourth-order valence-corrected chi connectivity index (χ4v) is 2.91. The van der Waals surface area contributed by atoms with Crippen LogP contribution in [0.2, 0.25) is 5.02 Å². The van der Waals surface area contributed by atoms with Crippen molar-refractivity contribution >= 4 is 33.6 Å². The molecule has 0 aliphatic rings. The van der Waals surface area contributed by atoms with E-state index < -0.39 is 0 Å². The van der Waals surface area contributed by atoms with Gasteiger partial charge in [0.2, 0.25) is 0 Å². The van der Waals surface area contributed by atoms with Crippen LogP contribution in [-0.2, 0) is 6.54 Å². The fraction of sp³-hybridized carbons (Fsp3) is 0.154. The Morgan fingerprint density at radius 2 is 2.33 bits per heavy atom. The average molecular weight is 278 g/mol. The fourth-order valence-electron chi connectivity index (χ4n) is 1.94. The topological polar surface area (TPSA) is 29.3 Å². The van der Waals surface area contributed by atoms with Crippen LogP contribution < -0.4 is 5.32 Å². The molecule has 0 atom stereocenters. The maximum absolute atomic E-state index is 5.96. The second-order valence-electron chi connectivity index (χ2n) is 4.06. The van der Waals surface area contributed by atoms with Crippen molar-refractivity contribution in [1.82, 2.24) is 9.38 Å². The molecule has 0 bridgehead atoms. The Morgan fingerprint density at radius 1 is 1.44 bits per heavy atom. The number of thiazole rings is 1. The van der Waals surface area contributed by atoms with Crippen LogP contribution in [0.5, 0.6) is 0 Å². The number of nitrogens with one attached hydrogen (secondary N) is 1. The number of aryl methyl sites for hydroxylation is 1. The Hall–Kier alpha value is -1.52. The maximum atomic E-state index is 5.96. The predicted molar refractivity (Wildman–Crippen MR) is 76.6 cm³/mol. The number of rotatable bonds is 3. The first-order chi connectivity index (χ1) is 8.74. The minimum Gasteiger partial charge on any atom is -0.379 e. The van der Waals surface area contributed by atoms with E-state index in [0.717, 1.165) is 27.9 Å². The Balaban J connectivity index is 1.84. The molecule has 1 aromatic carbocycles. The van der Waals surface area contributed by atoms with Gasteiger partial charge in [-0.25, -0.2) is 4.98 Å². The molecule has 0 unspecified atom stereocenters. The molecule has 0 saturated heterocycles. The molecule has 92 valence electrons. The van der Waals surface area contributed by atoms with Gasteiger partial charge in [0.05, 0.1) is 17.9 Å². The van der Waals surface area contributed by atoms with Crippen LogP contribution >= 0.6 is 22.9 Å². The van der Waals surface area contributed by atoms with E-state index in [1.807, 2.05) is 36.6 Å². The lowest BCUT2D eigenvalue weighted by Crippen LogP contribution is -2.03. The Labute approximate surface area is 114 Å². The maximum Gasteiger partial charge on any atom is 0.194 e. The molecule has 0 fully saturated rings. The highest BCUT2D eigenvalue weighted by Crippen LogP contribution is 2.19. The van der Waals surface area contributed by atoms with E-state index in [1.54, 1.807) is 11.3 Å². The number of imidazole rings is 1. The molecular formula is C13H12ClN3S. The molecule has 0 spiro atoms. The molecular weight excluding hydrogens is 266 g/mol. The number of hydrogen-bond donors (Lipinski definition) is 1. The third-order valence-corrected chi connectivity index (χ3v) is 3.84. The van der Waals surface area contributed by atoms with Crippen molar-refractivity contribution in [3.8, 4) is 0 Å². The Bertz CT molecular complexity index is 686. The molecule has 1 N–H and O–H groups in total. The number of fused-ring (bicyclic) bond motifs is 1. The summed E-state index contributed by atoms with van der Waals surface area (Å²) in [5.74, 6) is 0. The van der Waals surface area contributed by atoms with Crippen LogP contribution in [0.3, 0.4) is 0 Å². The van der Waals surface area contributed by atoms with Gasteiger partial charge in [0.1, 0.15) is 0 Å². The summed E-state index contributed by atoms with van der Waals surface area (Å²) in [6.45, 7) is 2.78. The first-order valence-corrected chi connectivity index (χ1v) is 6.90. The van der Waals surface area contributed by atoms with Gasteiger partial charge in [-0.3, -0.25) is 4.40 Å². The average Bonchev–Trinajstić information content (AvgIpc) is 2.87. The van der Waals surface area contributed by atoms with Gasteiger partial charge in [0.25, 0.3) is 0 Å². The van der Waals surface area contributed by atoms with Gasteiger partial charge < -0.3 is 5.32 Å². The molecule has 3 rings (SSSR count). The molecule has 18 heavy (non-hydrogen) atoms. The molecule has 0 aliphatic carbocycles. The van der Waals surface area contributed by atoms with Gasteiger partial charge in [-0.2, -0.15) is 0 Å². The van der Waals surface area contributed by atoms with Crippen molar-refractivity contribution in [1.29, 1.82) is 0 Å². The van der Waals surface area contributed by atoms with E-state index in [9.17, 15) is 0 Å². The van der Waals surface area contributed by atoms with Crippen LogP contribution in [0.1, 0.15) is 11.4 Å². The molecule has 2 heterocycles. The largest absolute Gasteiger partial charge is 0.379 e. The third kappa shape index (κ3) is 2.09. The van der Waals surface area contributed by atoms with Gasteiger partial charge in [0.15, 0.2) is 4.96 Å². The predicted octanol–water partition coefficient (Wildman–Crippen LogP) is 3.97. The lowest BCUT2D eigenvalue weighted by Gasteiger charge is -2.06. The van der Waals surface area contributed by atoms with Crippen molar-refractivity contribution in [2.24, 2.45) is 0 Å². The van der Waals surface area contributed by atoms with Crippen molar-refractivity contribution in [2.45, 2.75) is 13.5 Å². The molecule has 0 saturated carbocycles. The molecule has 0 radical (unpaired) electrons. The van der Waals surface area contributed by atoms with E-state index in [1.165, 1.54) is 5.69 Å². The Morgan fingerprint density at radius 3 is 3.17 bits per heavy atom. The standard InChI is InChI=1S/C13H12ClN3S/c1-9-12(17-5-6-18-13(17)16-9)8-15-11-4-2-3-10(14)7-11/h2-7,15H,8H2,1H3. The highest BCUT2D eigenvalue weighted by Gasteiger charge is 2.08. The van der Waals surface area contributed by atoms with Crippen LogP contribution in [-0.4, -0.2) is 9.38 Å². The summed E-state index contributed by atoms with van der Waals surface area (Å²) in [4.78, 5) is 5.56. The van der Waals surface area contributed by atoms with Gasteiger partial charge >= 0.3 is 0 Å².